The van der Waals surface area contributed by atoms with Crippen LogP contribution in [0.2, 0.25) is 0 Å². The van der Waals surface area contributed by atoms with Crippen LogP contribution in [0.15, 0.2) is 29.8 Å². The molecule has 2 atom stereocenters. The molecule has 9 nitrogen and oxygen atoms in total. The number of carbonyl (C=O) groups excluding carboxylic acids is 3. The number of nitrogens with one attached hydrogen (secondary N) is 2. The van der Waals surface area contributed by atoms with Crippen LogP contribution in [-0.4, -0.2) is 57.3 Å². The molecule has 0 saturated carbocycles. The number of aryl methyl sites for hydroxylation is 1. The highest BCUT2D eigenvalue weighted by Crippen LogP contribution is 2.28. The molecule has 40 heavy (non-hydrogen) atoms. The van der Waals surface area contributed by atoms with Gasteiger partial charge in [0.05, 0.1) is 16.1 Å². The molecule has 2 aromatic rings. The largest absolute Gasteiger partial charge is 0.481 e. The lowest BCUT2D eigenvalue weighted by atomic mass is 9.85. The van der Waals surface area contributed by atoms with Gasteiger partial charge in [-0.3, -0.25) is 19.2 Å². The molecule has 3 amide bonds. The lowest BCUT2D eigenvalue weighted by Crippen LogP contribution is -2.57. The predicted molar refractivity (Wildman–Crippen MR) is 156 cm³/mol. The summed E-state index contributed by atoms with van der Waals surface area (Å²) in [5.74, 6) is -1.43. The number of hydrogen-bond acceptors (Lipinski definition) is 6. The molecule has 1 aromatic carbocycles. The fraction of sp³-hybridized carbons (Fsp3) is 0.567. The van der Waals surface area contributed by atoms with Gasteiger partial charge in [-0.05, 0) is 49.1 Å². The SMILES string of the molecule is Cc1ncsc1-c1ccc(CNC(=O)C2CCCN2C(=O)C(NC(=O)CCCCCCC(=O)O)C(C)(C)C)cc1. The van der Waals surface area contributed by atoms with Crippen LogP contribution in [0.5, 0.6) is 0 Å². The van der Waals surface area contributed by atoms with E-state index in [9.17, 15) is 19.2 Å². The van der Waals surface area contributed by atoms with Gasteiger partial charge in [-0.1, -0.05) is 57.9 Å². The number of nitrogens with zero attached hydrogens (tertiary/aromatic N) is 2. The van der Waals surface area contributed by atoms with Crippen molar-refractivity contribution in [3.8, 4) is 10.4 Å². The minimum absolute atomic E-state index is 0.136. The number of carbonyl (C=O) groups is 4. The molecule has 1 aliphatic rings. The Labute approximate surface area is 240 Å². The van der Waals surface area contributed by atoms with E-state index in [4.69, 9.17) is 5.11 Å². The van der Waals surface area contributed by atoms with Crippen LogP contribution in [0.3, 0.4) is 0 Å². The number of benzene rings is 1. The van der Waals surface area contributed by atoms with Crippen molar-refractivity contribution in [1.82, 2.24) is 20.5 Å². The van der Waals surface area contributed by atoms with Crippen molar-refractivity contribution in [1.29, 1.82) is 0 Å². The van der Waals surface area contributed by atoms with Crippen LogP contribution in [0.25, 0.3) is 10.4 Å². The van der Waals surface area contributed by atoms with Crippen LogP contribution in [0, 0.1) is 12.3 Å². The van der Waals surface area contributed by atoms with E-state index in [-0.39, 0.29) is 30.6 Å². The maximum atomic E-state index is 13.6. The normalized spacial score (nSPS) is 16.0. The van der Waals surface area contributed by atoms with Crippen LogP contribution < -0.4 is 10.6 Å². The smallest absolute Gasteiger partial charge is 0.303 e. The summed E-state index contributed by atoms with van der Waals surface area (Å²) >= 11 is 1.60. The number of aromatic nitrogens is 1. The van der Waals surface area contributed by atoms with Gasteiger partial charge in [0.25, 0.3) is 0 Å². The van der Waals surface area contributed by atoms with E-state index in [0.29, 0.717) is 32.4 Å². The number of carboxylic acids is 1. The van der Waals surface area contributed by atoms with Crippen molar-refractivity contribution in [3.05, 3.63) is 41.0 Å². The zero-order chi connectivity index (χ0) is 29.3. The standard InChI is InChI=1S/C30H42N4O5S/c1-20-26(40-19-32-20)22-15-13-21(14-16-22)18-31-28(38)23-10-9-17-34(23)29(39)27(30(2,3)4)33-24(35)11-7-5-6-8-12-25(36)37/h13-16,19,23,27H,5-12,17-18H2,1-4H3,(H,31,38)(H,33,35)(H,36,37). The Morgan fingerprint density at radius 1 is 1.07 bits per heavy atom. The van der Waals surface area contributed by atoms with Crippen LogP contribution in [0.1, 0.15) is 83.4 Å². The lowest BCUT2D eigenvalue weighted by molar-refractivity contribution is -0.143. The summed E-state index contributed by atoms with van der Waals surface area (Å²) in [6.45, 7) is 8.55. The van der Waals surface area contributed by atoms with Crippen molar-refractivity contribution in [2.24, 2.45) is 5.41 Å². The molecule has 1 saturated heterocycles. The number of amides is 3. The Bertz CT molecular complexity index is 1170. The van der Waals surface area contributed by atoms with Crippen molar-refractivity contribution < 1.29 is 24.3 Å². The molecule has 2 heterocycles. The Morgan fingerprint density at radius 3 is 2.35 bits per heavy atom. The Morgan fingerprint density at radius 2 is 1.75 bits per heavy atom. The molecule has 1 aliphatic heterocycles. The summed E-state index contributed by atoms with van der Waals surface area (Å²) in [6.07, 6.45) is 4.47. The predicted octanol–water partition coefficient (Wildman–Crippen LogP) is 4.68. The summed E-state index contributed by atoms with van der Waals surface area (Å²) in [4.78, 5) is 57.2. The van der Waals surface area contributed by atoms with Crippen molar-refractivity contribution >= 4 is 35.0 Å². The summed E-state index contributed by atoms with van der Waals surface area (Å²) in [7, 11) is 0. The second-order valence-corrected chi connectivity index (χ2v) is 12.4. The first-order valence-corrected chi connectivity index (χ1v) is 14.9. The number of likely N-dealkylation sites (tertiary alicyclic amines) is 1. The third-order valence-electron chi connectivity index (χ3n) is 7.23. The number of aliphatic carboxylic acids is 1. The number of unbranched alkanes of at least 4 members (excludes halogenated alkanes) is 3. The van der Waals surface area contributed by atoms with Gasteiger partial charge in [0, 0.05) is 25.9 Å². The highest BCUT2D eigenvalue weighted by molar-refractivity contribution is 7.13. The molecule has 0 spiro atoms. The fourth-order valence-electron chi connectivity index (χ4n) is 4.93. The number of hydrogen-bond donors (Lipinski definition) is 3. The lowest BCUT2D eigenvalue weighted by Gasteiger charge is -2.35. The molecule has 2 unspecified atom stereocenters. The quantitative estimate of drug-likeness (QED) is 0.300. The van der Waals surface area contributed by atoms with Crippen molar-refractivity contribution in [3.63, 3.8) is 0 Å². The van der Waals surface area contributed by atoms with Gasteiger partial charge < -0.3 is 20.6 Å². The molecule has 1 fully saturated rings. The highest BCUT2D eigenvalue weighted by atomic mass is 32.1. The minimum Gasteiger partial charge on any atom is -0.481 e. The molecule has 1 aromatic heterocycles. The van der Waals surface area contributed by atoms with Crippen molar-refractivity contribution in [2.45, 2.75) is 97.7 Å². The first-order valence-electron chi connectivity index (χ1n) is 14.1. The zero-order valence-electron chi connectivity index (χ0n) is 24.0. The summed E-state index contributed by atoms with van der Waals surface area (Å²) < 4.78 is 0. The third kappa shape index (κ3) is 8.87. The van der Waals surface area contributed by atoms with E-state index in [1.54, 1.807) is 16.2 Å². The van der Waals surface area contributed by atoms with Crippen LogP contribution in [-0.2, 0) is 25.7 Å². The first kappa shape index (κ1) is 31.3. The molecule has 0 bridgehead atoms. The van der Waals surface area contributed by atoms with Gasteiger partial charge in [0.2, 0.25) is 17.7 Å². The third-order valence-corrected chi connectivity index (χ3v) is 8.21. The second-order valence-electron chi connectivity index (χ2n) is 11.5. The van der Waals surface area contributed by atoms with Gasteiger partial charge in [0.15, 0.2) is 0 Å². The van der Waals surface area contributed by atoms with E-state index in [2.05, 4.69) is 15.6 Å². The topological polar surface area (TPSA) is 129 Å². The second kappa shape index (κ2) is 14.4. The average Bonchev–Trinajstić information content (AvgIpc) is 3.56. The van der Waals surface area contributed by atoms with E-state index < -0.39 is 23.5 Å². The molecule has 218 valence electrons. The van der Waals surface area contributed by atoms with Crippen LogP contribution in [0.4, 0.5) is 0 Å². The summed E-state index contributed by atoms with van der Waals surface area (Å²) in [6, 6.07) is 6.72. The Hall–Kier alpha value is -3.27. The molecule has 0 radical (unpaired) electrons. The monoisotopic (exact) mass is 570 g/mol. The van der Waals surface area contributed by atoms with Gasteiger partial charge >= 0.3 is 5.97 Å². The number of thiazole rings is 1. The van der Waals surface area contributed by atoms with Gasteiger partial charge in [-0.25, -0.2) is 4.98 Å². The van der Waals surface area contributed by atoms with Gasteiger partial charge in [-0.2, -0.15) is 0 Å². The molecular formula is C30H42N4O5S. The summed E-state index contributed by atoms with van der Waals surface area (Å²) in [5, 5.41) is 14.6. The molecular weight excluding hydrogens is 528 g/mol. The molecule has 3 rings (SSSR count). The fourth-order valence-corrected chi connectivity index (χ4v) is 5.74. The Kier molecular flexibility index (Phi) is 11.2. The van der Waals surface area contributed by atoms with E-state index in [1.165, 1.54) is 0 Å². The molecule has 10 heteroatoms. The van der Waals surface area contributed by atoms with E-state index >= 15 is 0 Å². The zero-order valence-corrected chi connectivity index (χ0v) is 24.8. The first-order chi connectivity index (χ1) is 19.0. The maximum absolute atomic E-state index is 13.6. The molecule has 3 N–H and O–H groups in total. The Balaban J connectivity index is 1.54. The number of carboxylic acid groups (broad SMARTS) is 1. The highest BCUT2D eigenvalue weighted by Gasteiger charge is 2.41. The van der Waals surface area contributed by atoms with Crippen LogP contribution >= 0.6 is 11.3 Å². The van der Waals surface area contributed by atoms with E-state index in [0.717, 1.165) is 41.0 Å². The number of rotatable bonds is 13. The average molecular weight is 571 g/mol. The molecule has 0 aliphatic carbocycles. The van der Waals surface area contributed by atoms with Gasteiger partial charge in [0.1, 0.15) is 12.1 Å². The summed E-state index contributed by atoms with van der Waals surface area (Å²) in [5.41, 5.74) is 4.36. The van der Waals surface area contributed by atoms with Gasteiger partial charge in [-0.15, -0.1) is 11.3 Å². The minimum atomic E-state index is -0.810. The van der Waals surface area contributed by atoms with Crippen molar-refractivity contribution in [2.75, 3.05) is 6.54 Å². The maximum Gasteiger partial charge on any atom is 0.303 e. The van der Waals surface area contributed by atoms with E-state index in [1.807, 2.05) is 57.5 Å².